The Balaban J connectivity index is 1.63. The van der Waals surface area contributed by atoms with E-state index >= 15 is 0 Å². The molecule has 0 aliphatic rings. The number of carbonyl (C=O) groups is 1. The SMILES string of the molecule is CN(Cc1cccc(F)c1)C(=O)Cc1coc(-c2ccccc2)n1. The van der Waals surface area contributed by atoms with Gasteiger partial charge in [-0.3, -0.25) is 4.79 Å². The first-order valence-electron chi connectivity index (χ1n) is 7.60. The van der Waals surface area contributed by atoms with Crippen LogP contribution in [0.3, 0.4) is 0 Å². The van der Waals surface area contributed by atoms with Gasteiger partial charge in [0.15, 0.2) is 0 Å². The molecule has 122 valence electrons. The minimum Gasteiger partial charge on any atom is -0.444 e. The smallest absolute Gasteiger partial charge is 0.228 e. The zero-order chi connectivity index (χ0) is 16.9. The molecule has 0 spiro atoms. The highest BCUT2D eigenvalue weighted by Crippen LogP contribution is 2.18. The fraction of sp³-hybridized carbons (Fsp3) is 0.158. The van der Waals surface area contributed by atoms with Crippen molar-refractivity contribution in [3.63, 3.8) is 0 Å². The van der Waals surface area contributed by atoms with E-state index in [2.05, 4.69) is 4.98 Å². The van der Waals surface area contributed by atoms with Gasteiger partial charge in [0.2, 0.25) is 11.8 Å². The van der Waals surface area contributed by atoms with Gasteiger partial charge in [0.05, 0.1) is 12.1 Å². The van der Waals surface area contributed by atoms with E-state index in [1.807, 2.05) is 30.3 Å². The van der Waals surface area contributed by atoms with Crippen molar-refractivity contribution in [2.45, 2.75) is 13.0 Å². The first-order valence-corrected chi connectivity index (χ1v) is 7.60. The summed E-state index contributed by atoms with van der Waals surface area (Å²) in [4.78, 5) is 18.2. The Morgan fingerprint density at radius 3 is 2.71 bits per heavy atom. The van der Waals surface area contributed by atoms with Crippen LogP contribution < -0.4 is 0 Å². The first kappa shape index (κ1) is 15.9. The van der Waals surface area contributed by atoms with Crippen LogP contribution in [0.25, 0.3) is 11.5 Å². The second-order valence-electron chi connectivity index (χ2n) is 5.57. The quantitative estimate of drug-likeness (QED) is 0.719. The number of halogens is 1. The molecular formula is C19H17FN2O2. The molecule has 0 atom stereocenters. The van der Waals surface area contributed by atoms with Crippen LogP contribution in [0.15, 0.2) is 65.3 Å². The van der Waals surface area contributed by atoms with Crippen LogP contribution in [0.2, 0.25) is 0 Å². The summed E-state index contributed by atoms with van der Waals surface area (Å²) in [7, 11) is 1.69. The normalized spacial score (nSPS) is 10.6. The fourth-order valence-electron chi connectivity index (χ4n) is 2.39. The summed E-state index contributed by atoms with van der Waals surface area (Å²) in [6.07, 6.45) is 1.64. The van der Waals surface area contributed by atoms with E-state index in [0.29, 0.717) is 18.1 Å². The lowest BCUT2D eigenvalue weighted by molar-refractivity contribution is -0.129. The number of carbonyl (C=O) groups excluding carboxylic acids is 1. The molecule has 3 aromatic rings. The molecule has 0 unspecified atom stereocenters. The van der Waals surface area contributed by atoms with E-state index < -0.39 is 0 Å². The molecule has 0 fully saturated rings. The Morgan fingerprint density at radius 1 is 1.17 bits per heavy atom. The number of benzene rings is 2. The highest BCUT2D eigenvalue weighted by atomic mass is 19.1. The fourth-order valence-corrected chi connectivity index (χ4v) is 2.39. The van der Waals surface area contributed by atoms with E-state index in [-0.39, 0.29) is 18.1 Å². The summed E-state index contributed by atoms with van der Waals surface area (Å²) in [6.45, 7) is 0.347. The minimum atomic E-state index is -0.308. The van der Waals surface area contributed by atoms with Crippen LogP contribution in [0.4, 0.5) is 4.39 Å². The third kappa shape index (κ3) is 3.87. The zero-order valence-electron chi connectivity index (χ0n) is 13.3. The van der Waals surface area contributed by atoms with Crippen LogP contribution in [0.5, 0.6) is 0 Å². The molecule has 0 aliphatic carbocycles. The summed E-state index contributed by atoms with van der Waals surface area (Å²) >= 11 is 0. The molecule has 0 N–H and O–H groups in total. The van der Waals surface area contributed by atoms with Crippen molar-refractivity contribution >= 4 is 5.91 Å². The van der Waals surface area contributed by atoms with E-state index in [1.165, 1.54) is 18.4 Å². The van der Waals surface area contributed by atoms with Crippen molar-refractivity contribution in [2.75, 3.05) is 7.05 Å². The average molecular weight is 324 g/mol. The van der Waals surface area contributed by atoms with Crippen LogP contribution in [-0.2, 0) is 17.8 Å². The van der Waals surface area contributed by atoms with Crippen LogP contribution in [0, 0.1) is 5.82 Å². The second-order valence-corrected chi connectivity index (χ2v) is 5.57. The van der Waals surface area contributed by atoms with E-state index in [0.717, 1.165) is 11.1 Å². The van der Waals surface area contributed by atoms with Crippen molar-refractivity contribution in [1.82, 2.24) is 9.88 Å². The predicted octanol–water partition coefficient (Wildman–Crippen LogP) is 3.68. The molecule has 0 aliphatic heterocycles. The van der Waals surface area contributed by atoms with Crippen molar-refractivity contribution in [1.29, 1.82) is 0 Å². The standard InChI is InChI=1S/C19H17FN2O2/c1-22(12-14-6-5-9-16(20)10-14)18(23)11-17-13-24-19(21-17)15-7-3-2-4-8-15/h2-10,13H,11-12H2,1H3. The van der Waals surface area contributed by atoms with E-state index in [9.17, 15) is 9.18 Å². The number of hydrogen-bond acceptors (Lipinski definition) is 3. The van der Waals surface area contributed by atoms with Gasteiger partial charge in [0.1, 0.15) is 12.1 Å². The van der Waals surface area contributed by atoms with E-state index in [4.69, 9.17) is 4.42 Å². The number of oxazole rings is 1. The molecule has 1 heterocycles. The summed E-state index contributed by atoms with van der Waals surface area (Å²) in [5.41, 5.74) is 2.19. The minimum absolute atomic E-state index is 0.104. The molecule has 1 aromatic heterocycles. The van der Waals surface area contributed by atoms with Gasteiger partial charge < -0.3 is 9.32 Å². The maximum Gasteiger partial charge on any atom is 0.228 e. The molecule has 0 saturated heterocycles. The largest absolute Gasteiger partial charge is 0.444 e. The average Bonchev–Trinajstić information content (AvgIpc) is 3.04. The lowest BCUT2D eigenvalue weighted by atomic mass is 10.2. The third-order valence-electron chi connectivity index (χ3n) is 3.64. The molecule has 3 rings (SSSR count). The summed E-state index contributed by atoms with van der Waals surface area (Å²) < 4.78 is 18.6. The zero-order valence-corrected chi connectivity index (χ0v) is 13.3. The van der Waals surface area contributed by atoms with Gasteiger partial charge in [-0.15, -0.1) is 0 Å². The Hall–Kier alpha value is -2.95. The number of amides is 1. The van der Waals surface area contributed by atoms with Gasteiger partial charge in [-0.1, -0.05) is 30.3 Å². The number of nitrogens with zero attached hydrogens (tertiary/aromatic N) is 2. The van der Waals surface area contributed by atoms with Gasteiger partial charge >= 0.3 is 0 Å². The Morgan fingerprint density at radius 2 is 1.96 bits per heavy atom. The van der Waals surface area contributed by atoms with Crippen molar-refractivity contribution in [3.8, 4) is 11.5 Å². The number of likely N-dealkylation sites (N-methyl/N-ethyl adjacent to an activating group) is 1. The molecule has 0 bridgehead atoms. The number of rotatable bonds is 5. The van der Waals surface area contributed by atoms with Gasteiger partial charge in [0.25, 0.3) is 0 Å². The van der Waals surface area contributed by atoms with Gasteiger partial charge in [-0.2, -0.15) is 0 Å². The first-order chi connectivity index (χ1) is 11.6. The molecule has 0 saturated carbocycles. The molecule has 4 nitrogen and oxygen atoms in total. The second kappa shape index (κ2) is 7.08. The molecule has 24 heavy (non-hydrogen) atoms. The van der Waals surface area contributed by atoms with Gasteiger partial charge in [-0.25, -0.2) is 9.37 Å². The van der Waals surface area contributed by atoms with Crippen LogP contribution >= 0.6 is 0 Å². The van der Waals surface area contributed by atoms with Crippen LogP contribution in [0.1, 0.15) is 11.3 Å². The summed E-state index contributed by atoms with van der Waals surface area (Å²) in [5, 5.41) is 0. The Bertz CT molecular complexity index is 830. The molecule has 0 radical (unpaired) electrons. The molecule has 5 heteroatoms. The van der Waals surface area contributed by atoms with Crippen molar-refractivity contribution in [3.05, 3.63) is 77.9 Å². The maximum atomic E-state index is 13.2. The van der Waals surface area contributed by atoms with E-state index in [1.54, 1.807) is 24.1 Å². The van der Waals surface area contributed by atoms with Crippen molar-refractivity contribution < 1.29 is 13.6 Å². The van der Waals surface area contributed by atoms with Gasteiger partial charge in [-0.05, 0) is 29.8 Å². The number of hydrogen-bond donors (Lipinski definition) is 0. The Labute approximate surface area is 139 Å². The van der Waals surface area contributed by atoms with Crippen LogP contribution in [-0.4, -0.2) is 22.8 Å². The third-order valence-corrected chi connectivity index (χ3v) is 3.64. The number of aromatic nitrogens is 1. The highest BCUT2D eigenvalue weighted by Gasteiger charge is 2.14. The molecular weight excluding hydrogens is 307 g/mol. The monoisotopic (exact) mass is 324 g/mol. The maximum absolute atomic E-state index is 13.2. The predicted molar refractivity (Wildman–Crippen MR) is 88.5 cm³/mol. The molecule has 2 aromatic carbocycles. The molecule has 1 amide bonds. The lowest BCUT2D eigenvalue weighted by Crippen LogP contribution is -2.27. The Kier molecular flexibility index (Phi) is 4.70. The highest BCUT2D eigenvalue weighted by molar-refractivity contribution is 5.78. The topological polar surface area (TPSA) is 46.3 Å². The van der Waals surface area contributed by atoms with Crippen molar-refractivity contribution in [2.24, 2.45) is 0 Å². The summed E-state index contributed by atoms with van der Waals surface area (Å²) in [5.74, 6) is 0.0794. The summed E-state index contributed by atoms with van der Waals surface area (Å²) in [6, 6.07) is 15.7. The van der Waals surface area contributed by atoms with Gasteiger partial charge in [0, 0.05) is 19.2 Å². The lowest BCUT2D eigenvalue weighted by Gasteiger charge is -2.16.